The second kappa shape index (κ2) is 14.0. The third-order valence-electron chi connectivity index (χ3n) is 4.98. The maximum absolute atomic E-state index is 5.48. The number of aryl methyl sites for hydroxylation is 1. The lowest BCUT2D eigenvalue weighted by Crippen LogP contribution is -2.44. The zero-order valence-electron chi connectivity index (χ0n) is 18.0. The zero-order chi connectivity index (χ0) is 19.5. The molecule has 0 spiro atoms. The Hall–Kier alpha value is -1.06. The zero-order valence-corrected chi connectivity index (χ0v) is 20.3. The lowest BCUT2D eigenvalue weighted by atomic mass is 10.1. The van der Waals surface area contributed by atoms with Crippen LogP contribution in [0.25, 0.3) is 0 Å². The van der Waals surface area contributed by atoms with Gasteiger partial charge in [0.05, 0.1) is 13.7 Å². The number of guanidine groups is 1. The van der Waals surface area contributed by atoms with Gasteiger partial charge >= 0.3 is 0 Å². The number of nitrogens with zero attached hydrogens (tertiary/aromatic N) is 3. The number of hydrogen-bond donors (Lipinski definition) is 2. The van der Waals surface area contributed by atoms with E-state index in [9.17, 15) is 0 Å². The quantitative estimate of drug-likeness (QED) is 0.235. The summed E-state index contributed by atoms with van der Waals surface area (Å²) in [4.78, 5) is 9.69. The van der Waals surface area contributed by atoms with Crippen LogP contribution in [0, 0.1) is 6.92 Å². The van der Waals surface area contributed by atoms with Gasteiger partial charge in [0.2, 0.25) is 0 Å². The predicted octanol–water partition coefficient (Wildman–Crippen LogP) is 2.70. The maximum atomic E-state index is 5.48. The molecule has 0 saturated carbocycles. The van der Waals surface area contributed by atoms with Crippen LogP contribution in [0.15, 0.2) is 23.2 Å². The first-order valence-electron chi connectivity index (χ1n) is 10.2. The maximum Gasteiger partial charge on any atom is 0.191 e. The molecule has 0 radical (unpaired) electrons. The largest absolute Gasteiger partial charge is 0.496 e. The van der Waals surface area contributed by atoms with Crippen molar-refractivity contribution in [1.29, 1.82) is 0 Å². The van der Waals surface area contributed by atoms with Crippen LogP contribution in [0.3, 0.4) is 0 Å². The fourth-order valence-corrected chi connectivity index (χ4v) is 3.23. The molecule has 1 saturated heterocycles. The molecule has 2 N–H and O–H groups in total. The number of halogens is 1. The first-order valence-corrected chi connectivity index (χ1v) is 10.2. The Balaban J connectivity index is 0.00000392. The average molecular weight is 503 g/mol. The van der Waals surface area contributed by atoms with Crippen molar-refractivity contribution in [1.82, 2.24) is 20.4 Å². The topological polar surface area (TPSA) is 52.1 Å². The second-order valence-corrected chi connectivity index (χ2v) is 7.29. The molecule has 6 nitrogen and oxygen atoms in total. The SMILES string of the molecule is CCNC(=NCc1ccc(C)cc1OC)NCCCCN1CCN(C)CC1.I. The van der Waals surface area contributed by atoms with Crippen LogP contribution in [0.2, 0.25) is 0 Å². The standard InChI is InChI=1S/C21H37N5O.HI/c1-5-22-21(24-17-19-9-8-18(2)16-20(19)27-4)23-10-6-7-11-26-14-12-25(3)13-15-26;/h8-9,16H,5-7,10-15,17H2,1-4H3,(H2,22,23,24);1H. The molecule has 1 heterocycles. The molecule has 1 fully saturated rings. The molecule has 0 atom stereocenters. The van der Waals surface area contributed by atoms with Crippen molar-refractivity contribution in [2.24, 2.45) is 4.99 Å². The molecule has 0 unspecified atom stereocenters. The molecule has 1 aromatic rings. The van der Waals surface area contributed by atoms with Gasteiger partial charge in [-0.2, -0.15) is 0 Å². The Morgan fingerprint density at radius 1 is 1.14 bits per heavy atom. The minimum absolute atomic E-state index is 0. The monoisotopic (exact) mass is 503 g/mol. The normalized spacial score (nSPS) is 15.8. The summed E-state index contributed by atoms with van der Waals surface area (Å²) in [5, 5.41) is 6.78. The van der Waals surface area contributed by atoms with Crippen LogP contribution >= 0.6 is 24.0 Å². The summed E-state index contributed by atoms with van der Waals surface area (Å²) in [5.74, 6) is 1.78. The summed E-state index contributed by atoms with van der Waals surface area (Å²) in [6.45, 7) is 12.6. The van der Waals surface area contributed by atoms with Gasteiger partial charge in [0.15, 0.2) is 5.96 Å². The first-order chi connectivity index (χ1) is 13.1. The Labute approximate surface area is 188 Å². The highest BCUT2D eigenvalue weighted by Crippen LogP contribution is 2.20. The molecule has 0 bridgehead atoms. The number of hydrogen-bond acceptors (Lipinski definition) is 4. The molecule has 7 heteroatoms. The number of aliphatic imine (C=N–C) groups is 1. The lowest BCUT2D eigenvalue weighted by molar-refractivity contribution is 0.152. The van der Waals surface area contributed by atoms with E-state index in [2.05, 4.69) is 59.5 Å². The molecule has 160 valence electrons. The molecule has 1 aliphatic heterocycles. The molecule has 28 heavy (non-hydrogen) atoms. The summed E-state index contributed by atoms with van der Waals surface area (Å²) in [6.07, 6.45) is 2.38. The van der Waals surface area contributed by atoms with Gasteiger partial charge in [-0.05, 0) is 51.9 Å². The molecule has 0 amide bonds. The lowest BCUT2D eigenvalue weighted by Gasteiger charge is -2.32. The van der Waals surface area contributed by atoms with E-state index in [0.717, 1.165) is 36.8 Å². The molecular formula is C21H38IN5O. The minimum atomic E-state index is 0. The number of piperazine rings is 1. The van der Waals surface area contributed by atoms with Gasteiger partial charge < -0.3 is 25.2 Å². The molecule has 1 aromatic carbocycles. The molecule has 2 rings (SSSR count). The van der Waals surface area contributed by atoms with E-state index < -0.39 is 0 Å². The van der Waals surface area contributed by atoms with Crippen molar-refractivity contribution < 1.29 is 4.74 Å². The number of ether oxygens (including phenoxy) is 1. The van der Waals surface area contributed by atoms with E-state index in [-0.39, 0.29) is 24.0 Å². The van der Waals surface area contributed by atoms with Crippen molar-refractivity contribution in [3.63, 3.8) is 0 Å². The number of benzene rings is 1. The fourth-order valence-electron chi connectivity index (χ4n) is 3.23. The predicted molar refractivity (Wildman–Crippen MR) is 129 cm³/mol. The number of likely N-dealkylation sites (N-methyl/N-ethyl adjacent to an activating group) is 1. The number of nitrogens with one attached hydrogen (secondary N) is 2. The van der Waals surface area contributed by atoms with Gasteiger partial charge in [-0.3, -0.25) is 0 Å². The highest BCUT2D eigenvalue weighted by molar-refractivity contribution is 14.0. The van der Waals surface area contributed by atoms with Gasteiger partial charge in [0.25, 0.3) is 0 Å². The number of rotatable bonds is 9. The van der Waals surface area contributed by atoms with Crippen LogP contribution in [0.4, 0.5) is 0 Å². The molecule has 1 aliphatic rings. The highest BCUT2D eigenvalue weighted by Gasteiger charge is 2.12. The first kappa shape index (κ1) is 25.0. The van der Waals surface area contributed by atoms with Gasteiger partial charge in [-0.1, -0.05) is 12.1 Å². The molecular weight excluding hydrogens is 465 g/mol. The molecule has 0 aliphatic carbocycles. The van der Waals surface area contributed by atoms with Crippen molar-refractivity contribution in [2.45, 2.75) is 33.2 Å². The van der Waals surface area contributed by atoms with Gasteiger partial charge in [0, 0.05) is 44.8 Å². The fraction of sp³-hybridized carbons (Fsp3) is 0.667. The van der Waals surface area contributed by atoms with Gasteiger partial charge in [-0.25, -0.2) is 4.99 Å². The smallest absolute Gasteiger partial charge is 0.191 e. The third-order valence-corrected chi connectivity index (χ3v) is 4.98. The van der Waals surface area contributed by atoms with Crippen molar-refractivity contribution in [3.8, 4) is 5.75 Å². The van der Waals surface area contributed by atoms with Crippen molar-refractivity contribution in [2.75, 3.05) is 60.0 Å². The van der Waals surface area contributed by atoms with Crippen LogP contribution in [0.5, 0.6) is 5.75 Å². The van der Waals surface area contributed by atoms with E-state index in [1.807, 2.05) is 0 Å². The van der Waals surface area contributed by atoms with E-state index in [1.165, 1.54) is 44.7 Å². The Morgan fingerprint density at radius 2 is 1.89 bits per heavy atom. The second-order valence-electron chi connectivity index (χ2n) is 7.29. The van der Waals surface area contributed by atoms with Crippen LogP contribution in [-0.2, 0) is 6.54 Å². The Bertz CT molecular complexity index is 588. The van der Waals surface area contributed by atoms with Crippen LogP contribution in [0.1, 0.15) is 30.9 Å². The van der Waals surface area contributed by atoms with E-state index >= 15 is 0 Å². The van der Waals surface area contributed by atoms with Gasteiger partial charge in [0.1, 0.15) is 5.75 Å². The number of methoxy groups -OCH3 is 1. The molecule has 0 aromatic heterocycles. The summed E-state index contributed by atoms with van der Waals surface area (Å²) in [5.41, 5.74) is 2.31. The summed E-state index contributed by atoms with van der Waals surface area (Å²) < 4.78 is 5.48. The van der Waals surface area contributed by atoms with Crippen molar-refractivity contribution in [3.05, 3.63) is 29.3 Å². The van der Waals surface area contributed by atoms with Crippen LogP contribution in [-0.4, -0.2) is 75.7 Å². The van der Waals surface area contributed by atoms with Gasteiger partial charge in [-0.15, -0.1) is 24.0 Å². The minimum Gasteiger partial charge on any atom is -0.496 e. The summed E-state index contributed by atoms with van der Waals surface area (Å²) >= 11 is 0. The Kier molecular flexibility index (Phi) is 12.5. The average Bonchev–Trinajstić information content (AvgIpc) is 2.67. The van der Waals surface area contributed by atoms with E-state index in [4.69, 9.17) is 9.73 Å². The third kappa shape index (κ3) is 8.96. The van der Waals surface area contributed by atoms with Crippen LogP contribution < -0.4 is 15.4 Å². The van der Waals surface area contributed by atoms with E-state index in [1.54, 1.807) is 7.11 Å². The summed E-state index contributed by atoms with van der Waals surface area (Å²) in [7, 11) is 3.92. The van der Waals surface area contributed by atoms with E-state index in [0.29, 0.717) is 6.54 Å². The summed E-state index contributed by atoms with van der Waals surface area (Å²) in [6, 6.07) is 6.26. The van der Waals surface area contributed by atoms with Crippen molar-refractivity contribution >= 4 is 29.9 Å². The number of unbranched alkanes of at least 4 members (excludes halogenated alkanes) is 1. The highest BCUT2D eigenvalue weighted by atomic mass is 127. The Morgan fingerprint density at radius 3 is 2.57 bits per heavy atom.